The predicted molar refractivity (Wildman–Crippen MR) is 269 cm³/mol. The first-order chi connectivity index (χ1) is 30.0. The number of allylic oxidation sites excluding steroid dienone is 10. The van der Waals surface area contributed by atoms with Crippen molar-refractivity contribution in [2.75, 3.05) is 13.2 Å². The third kappa shape index (κ3) is 48.4. The fraction of sp³-hybridized carbons (Fsp3) is 0.772. The molecule has 61 heavy (non-hydrogen) atoms. The molecule has 1 atom stereocenters. The van der Waals surface area contributed by atoms with Crippen molar-refractivity contribution in [1.29, 1.82) is 0 Å². The Morgan fingerprint density at radius 2 is 0.738 bits per heavy atom. The lowest BCUT2D eigenvalue weighted by Crippen LogP contribution is -2.27. The minimum Gasteiger partial charge on any atom is -0.495 e. The van der Waals surface area contributed by atoms with Crippen molar-refractivity contribution >= 4 is 5.97 Å². The van der Waals surface area contributed by atoms with Crippen molar-refractivity contribution < 1.29 is 19.0 Å². The number of ether oxygens (including phenoxy) is 3. The molecule has 0 bridgehead atoms. The monoisotopic (exact) mass is 851 g/mol. The Bertz CT molecular complexity index is 1070. The quantitative estimate of drug-likeness (QED) is 0.0265. The standard InChI is InChI=1S/C57H102O4/c1-6-9-12-15-18-21-24-27-29-32-34-37-40-43-46-49-54(4)59-52-56(53-60-57(58)51-48-45-42-39-36-31-26-23-20-17-14-11-8-3)61-55(5)50-47-44-41-38-35-33-30-28-25-22-19-16-13-10-7-2/h9,12,18,21,27-30,56H,4-8,10-11,13-17,19-20,22-26,31-53H2,1-3H3/b12-9-,21-18-,29-27-,30-28-. The zero-order valence-corrected chi connectivity index (χ0v) is 41.0. The van der Waals surface area contributed by atoms with Crippen molar-refractivity contribution in [3.63, 3.8) is 0 Å². The maximum atomic E-state index is 12.7. The second kappa shape index (κ2) is 50.2. The SMILES string of the molecule is C=C(CCCCCCC/C=C\C/C=C\C/C=C\CC)OCC(COC(=O)CCCCCCCCCCCCCCC)OC(=C)CCCCCCC/C=C\CCCCCCCC. The molecule has 0 saturated carbocycles. The van der Waals surface area contributed by atoms with Crippen LogP contribution in [0.2, 0.25) is 0 Å². The zero-order chi connectivity index (χ0) is 44.4. The summed E-state index contributed by atoms with van der Waals surface area (Å²) in [6.45, 7) is 15.7. The number of carbonyl (C=O) groups excluding carboxylic acids is 1. The molecule has 0 N–H and O–H groups in total. The Morgan fingerprint density at radius 1 is 0.393 bits per heavy atom. The fourth-order valence-corrected chi connectivity index (χ4v) is 7.57. The highest BCUT2D eigenvalue weighted by atomic mass is 16.6. The second-order valence-corrected chi connectivity index (χ2v) is 17.7. The molecule has 4 nitrogen and oxygen atoms in total. The molecule has 4 heteroatoms. The van der Waals surface area contributed by atoms with Gasteiger partial charge in [0.1, 0.15) is 13.2 Å². The lowest BCUT2D eigenvalue weighted by Gasteiger charge is -2.22. The lowest BCUT2D eigenvalue weighted by molar-refractivity contribution is -0.148. The van der Waals surface area contributed by atoms with Crippen LogP contribution in [-0.2, 0) is 19.0 Å². The van der Waals surface area contributed by atoms with Crippen molar-refractivity contribution in [2.24, 2.45) is 0 Å². The lowest BCUT2D eigenvalue weighted by atomic mass is 10.0. The van der Waals surface area contributed by atoms with Gasteiger partial charge in [0.2, 0.25) is 0 Å². The number of esters is 1. The molecule has 0 rings (SSSR count). The summed E-state index contributed by atoms with van der Waals surface area (Å²) in [6.07, 6.45) is 64.0. The van der Waals surface area contributed by atoms with E-state index in [9.17, 15) is 4.79 Å². The second-order valence-electron chi connectivity index (χ2n) is 17.7. The highest BCUT2D eigenvalue weighted by molar-refractivity contribution is 5.69. The maximum Gasteiger partial charge on any atom is 0.305 e. The van der Waals surface area contributed by atoms with E-state index in [1.807, 2.05) is 0 Å². The van der Waals surface area contributed by atoms with Crippen LogP contribution in [0.25, 0.3) is 0 Å². The van der Waals surface area contributed by atoms with Crippen molar-refractivity contribution in [1.82, 2.24) is 0 Å². The molecule has 0 heterocycles. The van der Waals surface area contributed by atoms with Crippen molar-refractivity contribution in [2.45, 2.75) is 271 Å². The normalized spacial score (nSPS) is 12.4. The van der Waals surface area contributed by atoms with Gasteiger partial charge in [-0.05, 0) is 77.0 Å². The molecule has 0 radical (unpaired) electrons. The Hall–Kier alpha value is -2.49. The average Bonchev–Trinajstić information content (AvgIpc) is 3.26. The summed E-state index contributed by atoms with van der Waals surface area (Å²) in [5.74, 6) is 1.41. The van der Waals surface area contributed by atoms with Crippen LogP contribution in [0.15, 0.2) is 73.3 Å². The Kier molecular flexibility index (Phi) is 48.1. The smallest absolute Gasteiger partial charge is 0.305 e. The van der Waals surface area contributed by atoms with E-state index in [0.29, 0.717) is 13.0 Å². The van der Waals surface area contributed by atoms with Crippen LogP contribution in [0.5, 0.6) is 0 Å². The van der Waals surface area contributed by atoms with Gasteiger partial charge in [0.25, 0.3) is 0 Å². The van der Waals surface area contributed by atoms with E-state index in [1.54, 1.807) is 0 Å². The predicted octanol–water partition coefficient (Wildman–Crippen LogP) is 19.1. The molecular weight excluding hydrogens is 749 g/mol. The summed E-state index contributed by atoms with van der Waals surface area (Å²) < 4.78 is 18.1. The number of carbonyl (C=O) groups is 1. The highest BCUT2D eigenvalue weighted by Gasteiger charge is 2.16. The van der Waals surface area contributed by atoms with Gasteiger partial charge in [-0.1, -0.05) is 230 Å². The van der Waals surface area contributed by atoms with Crippen molar-refractivity contribution in [3.8, 4) is 0 Å². The number of unbranched alkanes of at least 4 members (excludes halogenated alkanes) is 28. The molecule has 0 spiro atoms. The van der Waals surface area contributed by atoms with Gasteiger partial charge in [-0.15, -0.1) is 0 Å². The molecule has 0 aromatic rings. The topological polar surface area (TPSA) is 44.8 Å². The van der Waals surface area contributed by atoms with E-state index in [1.165, 1.54) is 173 Å². The van der Waals surface area contributed by atoms with Crippen molar-refractivity contribution in [3.05, 3.63) is 73.3 Å². The third-order valence-corrected chi connectivity index (χ3v) is 11.5. The first kappa shape index (κ1) is 58.5. The number of hydrogen-bond acceptors (Lipinski definition) is 4. The first-order valence-corrected chi connectivity index (χ1v) is 26.4. The zero-order valence-electron chi connectivity index (χ0n) is 41.0. The Balaban J connectivity index is 4.40. The highest BCUT2D eigenvalue weighted by Crippen LogP contribution is 2.18. The van der Waals surface area contributed by atoms with Gasteiger partial charge in [-0.25, -0.2) is 0 Å². The number of hydrogen-bond donors (Lipinski definition) is 0. The fourth-order valence-electron chi connectivity index (χ4n) is 7.57. The van der Waals surface area contributed by atoms with Gasteiger partial charge in [-0.2, -0.15) is 0 Å². The molecule has 0 aliphatic heterocycles. The summed E-state index contributed by atoms with van der Waals surface area (Å²) in [7, 11) is 0. The van der Waals surface area contributed by atoms with Crippen LogP contribution in [0, 0.1) is 0 Å². The van der Waals surface area contributed by atoms with E-state index >= 15 is 0 Å². The summed E-state index contributed by atoms with van der Waals surface area (Å²) in [4.78, 5) is 12.7. The molecule has 0 fully saturated rings. The maximum absolute atomic E-state index is 12.7. The molecule has 0 amide bonds. The van der Waals surface area contributed by atoms with Crippen LogP contribution in [-0.4, -0.2) is 25.3 Å². The molecule has 1 unspecified atom stereocenters. The van der Waals surface area contributed by atoms with E-state index in [4.69, 9.17) is 14.2 Å². The van der Waals surface area contributed by atoms with Crippen LogP contribution >= 0.6 is 0 Å². The molecule has 0 aromatic heterocycles. The van der Waals surface area contributed by atoms with Gasteiger partial charge in [-0.3, -0.25) is 4.79 Å². The minimum absolute atomic E-state index is 0.138. The molecule has 0 saturated heterocycles. The van der Waals surface area contributed by atoms with Gasteiger partial charge in [0.05, 0.1) is 11.5 Å². The van der Waals surface area contributed by atoms with Crippen LogP contribution in [0.4, 0.5) is 0 Å². The summed E-state index contributed by atoms with van der Waals surface area (Å²) in [6, 6.07) is 0. The van der Waals surface area contributed by atoms with E-state index in [0.717, 1.165) is 75.7 Å². The summed E-state index contributed by atoms with van der Waals surface area (Å²) in [5, 5.41) is 0. The van der Waals surface area contributed by atoms with Gasteiger partial charge < -0.3 is 14.2 Å². The summed E-state index contributed by atoms with van der Waals surface area (Å²) >= 11 is 0. The van der Waals surface area contributed by atoms with Crippen LogP contribution < -0.4 is 0 Å². The van der Waals surface area contributed by atoms with Gasteiger partial charge >= 0.3 is 5.97 Å². The molecular formula is C57H102O4. The summed E-state index contributed by atoms with van der Waals surface area (Å²) in [5.41, 5.74) is 0. The average molecular weight is 851 g/mol. The van der Waals surface area contributed by atoms with Crippen LogP contribution in [0.1, 0.15) is 265 Å². The molecule has 0 aliphatic rings. The van der Waals surface area contributed by atoms with E-state index in [2.05, 4.69) is 82.5 Å². The molecule has 0 aliphatic carbocycles. The molecule has 0 aromatic carbocycles. The molecule has 354 valence electrons. The van der Waals surface area contributed by atoms with E-state index in [-0.39, 0.29) is 18.7 Å². The number of rotatable bonds is 49. The van der Waals surface area contributed by atoms with Crippen LogP contribution in [0.3, 0.4) is 0 Å². The first-order valence-electron chi connectivity index (χ1n) is 26.4. The van der Waals surface area contributed by atoms with E-state index < -0.39 is 0 Å². The largest absolute Gasteiger partial charge is 0.495 e. The Labute approximate surface area is 381 Å². The van der Waals surface area contributed by atoms with Gasteiger partial charge in [0, 0.05) is 19.3 Å². The third-order valence-electron chi connectivity index (χ3n) is 11.5. The van der Waals surface area contributed by atoms with Gasteiger partial charge in [0.15, 0.2) is 6.10 Å². The minimum atomic E-state index is -0.371. The Morgan fingerprint density at radius 3 is 1.20 bits per heavy atom.